The van der Waals surface area contributed by atoms with Gasteiger partial charge in [0.25, 0.3) is 0 Å². The molecule has 1 saturated heterocycles. The first-order valence-corrected chi connectivity index (χ1v) is 6.30. The van der Waals surface area contributed by atoms with E-state index in [0.717, 1.165) is 35.5 Å². The molecule has 2 N–H and O–H groups in total. The lowest BCUT2D eigenvalue weighted by molar-refractivity contribution is 0.622. The molecule has 0 spiro atoms. The van der Waals surface area contributed by atoms with Gasteiger partial charge < -0.3 is 5.32 Å². The van der Waals surface area contributed by atoms with Crippen LogP contribution in [0.1, 0.15) is 30.1 Å². The summed E-state index contributed by atoms with van der Waals surface area (Å²) in [6, 6.07) is 6.93. The fourth-order valence-electron chi connectivity index (χ4n) is 2.60. The van der Waals surface area contributed by atoms with Crippen molar-refractivity contribution in [3.63, 3.8) is 0 Å². The molecule has 1 aromatic carbocycles. The van der Waals surface area contributed by atoms with Crippen molar-refractivity contribution in [2.24, 2.45) is 0 Å². The van der Waals surface area contributed by atoms with Crippen LogP contribution in [-0.2, 0) is 0 Å². The van der Waals surface area contributed by atoms with Crippen molar-refractivity contribution in [1.82, 2.24) is 15.5 Å². The van der Waals surface area contributed by atoms with Crippen LogP contribution in [0.2, 0.25) is 0 Å². The number of benzene rings is 1. The number of halogens is 1. The van der Waals surface area contributed by atoms with Crippen LogP contribution < -0.4 is 5.32 Å². The minimum atomic E-state index is -0.226. The predicted molar refractivity (Wildman–Crippen MR) is 68.7 cm³/mol. The number of aromatic nitrogens is 2. The average molecular weight is 245 g/mol. The Morgan fingerprint density at radius 3 is 3.00 bits per heavy atom. The van der Waals surface area contributed by atoms with Crippen LogP contribution in [0.25, 0.3) is 11.3 Å². The summed E-state index contributed by atoms with van der Waals surface area (Å²) in [7, 11) is 0. The fourth-order valence-corrected chi connectivity index (χ4v) is 2.60. The number of nitrogens with zero attached hydrogens (tertiary/aromatic N) is 1. The maximum atomic E-state index is 13.2. The summed E-state index contributed by atoms with van der Waals surface area (Å²) in [5.41, 5.74) is 3.91. The van der Waals surface area contributed by atoms with Crippen LogP contribution in [0.3, 0.4) is 0 Å². The van der Waals surface area contributed by atoms with Crippen molar-refractivity contribution >= 4 is 0 Å². The number of hydrogen-bond acceptors (Lipinski definition) is 2. The van der Waals surface area contributed by atoms with Crippen LogP contribution in [0, 0.1) is 12.7 Å². The van der Waals surface area contributed by atoms with Crippen molar-refractivity contribution in [1.29, 1.82) is 0 Å². The highest BCUT2D eigenvalue weighted by Crippen LogP contribution is 2.30. The van der Waals surface area contributed by atoms with E-state index in [9.17, 15) is 4.39 Å². The van der Waals surface area contributed by atoms with Crippen molar-refractivity contribution in [3.8, 4) is 11.3 Å². The van der Waals surface area contributed by atoms with E-state index in [1.54, 1.807) is 6.07 Å². The molecule has 18 heavy (non-hydrogen) atoms. The Balaban J connectivity index is 1.98. The molecule has 1 aliphatic heterocycles. The molecule has 3 nitrogen and oxygen atoms in total. The van der Waals surface area contributed by atoms with Gasteiger partial charge in [0.1, 0.15) is 5.82 Å². The summed E-state index contributed by atoms with van der Waals surface area (Å²) in [6.07, 6.45) is 2.32. The van der Waals surface area contributed by atoms with Crippen molar-refractivity contribution in [3.05, 3.63) is 41.3 Å². The van der Waals surface area contributed by atoms with Crippen molar-refractivity contribution in [2.45, 2.75) is 25.8 Å². The normalized spacial score (nSPS) is 19.3. The first-order valence-electron chi connectivity index (χ1n) is 6.30. The zero-order chi connectivity index (χ0) is 12.5. The molecule has 0 radical (unpaired) electrons. The van der Waals surface area contributed by atoms with Crippen molar-refractivity contribution in [2.75, 3.05) is 6.54 Å². The smallest absolute Gasteiger partial charge is 0.123 e. The van der Waals surface area contributed by atoms with E-state index in [2.05, 4.69) is 15.5 Å². The Bertz CT molecular complexity index is 556. The molecule has 1 atom stereocenters. The highest BCUT2D eigenvalue weighted by Gasteiger charge is 2.22. The first-order chi connectivity index (χ1) is 8.75. The third-order valence-corrected chi connectivity index (χ3v) is 3.55. The van der Waals surface area contributed by atoms with E-state index in [-0.39, 0.29) is 5.82 Å². The van der Waals surface area contributed by atoms with E-state index in [1.807, 2.05) is 13.0 Å². The molecule has 0 aliphatic carbocycles. The van der Waals surface area contributed by atoms with E-state index < -0.39 is 0 Å². The zero-order valence-corrected chi connectivity index (χ0v) is 10.3. The predicted octanol–water partition coefficient (Wildman–Crippen LogP) is 2.95. The molecular formula is C14H16FN3. The lowest BCUT2D eigenvalue weighted by atomic mass is 10.0. The molecule has 94 valence electrons. The van der Waals surface area contributed by atoms with Crippen LogP contribution in [-0.4, -0.2) is 16.7 Å². The Hall–Kier alpha value is -1.68. The molecule has 0 saturated carbocycles. The molecule has 1 aliphatic rings. The number of H-pyrrole nitrogens is 1. The summed E-state index contributed by atoms with van der Waals surface area (Å²) in [4.78, 5) is 0. The Morgan fingerprint density at radius 1 is 1.39 bits per heavy atom. The molecule has 0 amide bonds. The lowest BCUT2D eigenvalue weighted by Crippen LogP contribution is -2.14. The van der Waals surface area contributed by atoms with Gasteiger partial charge >= 0.3 is 0 Å². The second kappa shape index (κ2) is 4.53. The second-order valence-corrected chi connectivity index (χ2v) is 4.77. The summed E-state index contributed by atoms with van der Waals surface area (Å²) < 4.78 is 13.2. The van der Waals surface area contributed by atoms with E-state index in [1.165, 1.54) is 18.6 Å². The Labute approximate surface area is 105 Å². The standard InChI is InChI=1S/C14H16FN3/c1-9-13(10-4-2-5-11(15)8-10)17-18-14(9)12-6-3-7-16-12/h2,4-5,8,12,16H,3,6-7H2,1H3,(H,17,18). The Morgan fingerprint density at radius 2 is 2.28 bits per heavy atom. The van der Waals surface area contributed by atoms with Gasteiger partial charge in [-0.25, -0.2) is 4.39 Å². The van der Waals surface area contributed by atoms with Gasteiger partial charge in [-0.05, 0) is 44.0 Å². The molecule has 2 heterocycles. The third-order valence-electron chi connectivity index (χ3n) is 3.55. The molecule has 2 aromatic rings. The maximum Gasteiger partial charge on any atom is 0.123 e. The molecule has 1 unspecified atom stereocenters. The quantitative estimate of drug-likeness (QED) is 0.854. The van der Waals surface area contributed by atoms with Gasteiger partial charge in [0.2, 0.25) is 0 Å². The number of nitrogens with one attached hydrogen (secondary N) is 2. The monoisotopic (exact) mass is 245 g/mol. The van der Waals surface area contributed by atoms with Gasteiger partial charge in [-0.3, -0.25) is 5.10 Å². The van der Waals surface area contributed by atoms with Gasteiger partial charge in [-0.15, -0.1) is 0 Å². The summed E-state index contributed by atoms with van der Waals surface area (Å²) in [6.45, 7) is 3.09. The second-order valence-electron chi connectivity index (χ2n) is 4.77. The van der Waals surface area contributed by atoms with Gasteiger partial charge in [0, 0.05) is 11.6 Å². The van der Waals surface area contributed by atoms with Crippen LogP contribution in [0.4, 0.5) is 4.39 Å². The van der Waals surface area contributed by atoms with E-state index in [4.69, 9.17) is 0 Å². The number of rotatable bonds is 2. The average Bonchev–Trinajstić information content (AvgIpc) is 2.97. The van der Waals surface area contributed by atoms with Crippen LogP contribution in [0.15, 0.2) is 24.3 Å². The SMILES string of the molecule is Cc1c(-c2cccc(F)c2)n[nH]c1C1CCCN1. The molecular weight excluding hydrogens is 229 g/mol. The van der Waals surface area contributed by atoms with Gasteiger partial charge in [0.15, 0.2) is 0 Å². The van der Waals surface area contributed by atoms with Crippen molar-refractivity contribution < 1.29 is 4.39 Å². The fraction of sp³-hybridized carbons (Fsp3) is 0.357. The van der Waals surface area contributed by atoms with Gasteiger partial charge in [-0.1, -0.05) is 12.1 Å². The molecule has 4 heteroatoms. The van der Waals surface area contributed by atoms with E-state index >= 15 is 0 Å². The molecule has 1 aromatic heterocycles. The minimum absolute atomic E-state index is 0.226. The zero-order valence-electron chi connectivity index (χ0n) is 10.3. The summed E-state index contributed by atoms with van der Waals surface area (Å²) in [5, 5.41) is 10.9. The number of hydrogen-bond donors (Lipinski definition) is 2. The summed E-state index contributed by atoms with van der Waals surface area (Å²) >= 11 is 0. The third kappa shape index (κ3) is 1.93. The van der Waals surface area contributed by atoms with Crippen LogP contribution >= 0.6 is 0 Å². The topological polar surface area (TPSA) is 40.7 Å². The highest BCUT2D eigenvalue weighted by molar-refractivity contribution is 5.63. The molecule has 0 bridgehead atoms. The molecule has 1 fully saturated rings. The largest absolute Gasteiger partial charge is 0.309 e. The maximum absolute atomic E-state index is 13.2. The highest BCUT2D eigenvalue weighted by atomic mass is 19.1. The number of aromatic amines is 1. The van der Waals surface area contributed by atoms with Gasteiger partial charge in [0.05, 0.1) is 11.4 Å². The van der Waals surface area contributed by atoms with Gasteiger partial charge in [-0.2, -0.15) is 5.10 Å². The van der Waals surface area contributed by atoms with Crippen LogP contribution in [0.5, 0.6) is 0 Å². The first kappa shape index (κ1) is 11.4. The lowest BCUT2D eigenvalue weighted by Gasteiger charge is -2.08. The summed E-state index contributed by atoms with van der Waals surface area (Å²) in [5.74, 6) is -0.226. The molecule has 3 rings (SSSR count). The van der Waals surface area contributed by atoms with E-state index in [0.29, 0.717) is 6.04 Å². The Kier molecular flexibility index (Phi) is 2.88. The minimum Gasteiger partial charge on any atom is -0.309 e.